The summed E-state index contributed by atoms with van der Waals surface area (Å²) < 4.78 is 4.58. The molecule has 0 aromatic heterocycles. The molecule has 0 aliphatic carbocycles. The molecule has 1 amide bonds. The molecule has 6 nitrogen and oxygen atoms in total. The monoisotopic (exact) mass is 368 g/mol. The van der Waals surface area contributed by atoms with Gasteiger partial charge in [-0.05, 0) is 43.0 Å². The highest BCUT2D eigenvalue weighted by Gasteiger charge is 2.01. The van der Waals surface area contributed by atoms with Gasteiger partial charge in [0.1, 0.15) is 0 Å². The zero-order valence-corrected chi connectivity index (χ0v) is 16.0. The number of guanidine groups is 1. The standard InChI is InChI=1S/C21H28N4O2/c1-3-22-20(23-15-7-10-17-8-5-4-6-9-17)24-16-18-11-13-19(14-12-18)25-21(26)27-2/h4-6,8-9,11-14H,3,7,10,15-16H2,1-2H3,(H,25,26)(H2,22,23,24). The van der Waals surface area contributed by atoms with E-state index in [1.807, 2.05) is 30.3 Å². The maximum absolute atomic E-state index is 11.2. The molecular weight excluding hydrogens is 340 g/mol. The summed E-state index contributed by atoms with van der Waals surface area (Å²) >= 11 is 0. The van der Waals surface area contributed by atoms with Gasteiger partial charge in [0.15, 0.2) is 5.96 Å². The van der Waals surface area contributed by atoms with Gasteiger partial charge in [-0.3, -0.25) is 5.32 Å². The molecule has 0 atom stereocenters. The van der Waals surface area contributed by atoms with E-state index >= 15 is 0 Å². The average molecular weight is 368 g/mol. The summed E-state index contributed by atoms with van der Waals surface area (Å²) in [7, 11) is 1.34. The summed E-state index contributed by atoms with van der Waals surface area (Å²) in [5, 5.41) is 9.26. The number of rotatable bonds is 8. The second kappa shape index (κ2) is 11.6. The van der Waals surface area contributed by atoms with Gasteiger partial charge in [0.05, 0.1) is 13.7 Å². The van der Waals surface area contributed by atoms with Gasteiger partial charge in [0, 0.05) is 18.8 Å². The van der Waals surface area contributed by atoms with Gasteiger partial charge >= 0.3 is 6.09 Å². The third-order valence-corrected chi connectivity index (χ3v) is 3.93. The summed E-state index contributed by atoms with van der Waals surface area (Å²) in [5.74, 6) is 0.808. The highest BCUT2D eigenvalue weighted by molar-refractivity contribution is 5.84. The number of ether oxygens (including phenoxy) is 1. The zero-order chi connectivity index (χ0) is 19.3. The molecule has 0 saturated heterocycles. The van der Waals surface area contributed by atoms with Crippen molar-refractivity contribution in [1.82, 2.24) is 10.6 Å². The van der Waals surface area contributed by atoms with E-state index in [0.29, 0.717) is 12.2 Å². The van der Waals surface area contributed by atoms with Gasteiger partial charge in [-0.15, -0.1) is 0 Å². The third-order valence-electron chi connectivity index (χ3n) is 3.93. The van der Waals surface area contributed by atoms with E-state index < -0.39 is 6.09 Å². The molecule has 0 heterocycles. The third kappa shape index (κ3) is 7.81. The second-order valence-electron chi connectivity index (χ2n) is 6.02. The fourth-order valence-corrected chi connectivity index (χ4v) is 2.52. The Morgan fingerprint density at radius 2 is 1.74 bits per heavy atom. The van der Waals surface area contributed by atoms with Gasteiger partial charge < -0.3 is 15.4 Å². The SMILES string of the molecule is CCNC(=NCc1ccc(NC(=O)OC)cc1)NCCCc1ccccc1. The Morgan fingerprint density at radius 3 is 2.41 bits per heavy atom. The maximum atomic E-state index is 11.2. The Kier molecular flexibility index (Phi) is 8.69. The minimum absolute atomic E-state index is 0.477. The van der Waals surface area contributed by atoms with Crippen LogP contribution in [0.1, 0.15) is 24.5 Å². The number of methoxy groups -OCH3 is 1. The summed E-state index contributed by atoms with van der Waals surface area (Å²) in [5.41, 5.74) is 3.11. The first-order chi connectivity index (χ1) is 13.2. The number of aliphatic imine (C=N–C) groups is 1. The summed E-state index contributed by atoms with van der Waals surface area (Å²) in [6, 6.07) is 18.0. The predicted molar refractivity (Wildman–Crippen MR) is 110 cm³/mol. The van der Waals surface area contributed by atoms with Gasteiger partial charge in [-0.25, -0.2) is 9.79 Å². The van der Waals surface area contributed by atoms with Crippen molar-refractivity contribution in [1.29, 1.82) is 0 Å². The molecule has 27 heavy (non-hydrogen) atoms. The largest absolute Gasteiger partial charge is 0.453 e. The normalized spacial score (nSPS) is 11.0. The number of amides is 1. The maximum Gasteiger partial charge on any atom is 0.411 e. The Hall–Kier alpha value is -3.02. The number of nitrogens with zero attached hydrogens (tertiary/aromatic N) is 1. The van der Waals surface area contributed by atoms with E-state index in [9.17, 15) is 4.79 Å². The average Bonchev–Trinajstić information content (AvgIpc) is 2.71. The Bertz CT molecular complexity index is 715. The summed E-state index contributed by atoms with van der Waals surface area (Å²) in [4.78, 5) is 15.8. The fourth-order valence-electron chi connectivity index (χ4n) is 2.52. The first-order valence-corrected chi connectivity index (χ1v) is 9.21. The van der Waals surface area contributed by atoms with Gasteiger partial charge in [-0.1, -0.05) is 42.5 Å². The summed E-state index contributed by atoms with van der Waals surface area (Å²) in [6.45, 7) is 4.29. The molecule has 0 bridgehead atoms. The minimum Gasteiger partial charge on any atom is -0.453 e. The molecule has 2 aromatic carbocycles. The van der Waals surface area contributed by atoms with Crippen LogP contribution in [0.4, 0.5) is 10.5 Å². The number of benzene rings is 2. The lowest BCUT2D eigenvalue weighted by Gasteiger charge is -2.11. The molecule has 0 spiro atoms. The van der Waals surface area contributed by atoms with Crippen molar-refractivity contribution < 1.29 is 9.53 Å². The second-order valence-corrected chi connectivity index (χ2v) is 6.02. The van der Waals surface area contributed by atoms with Crippen LogP contribution in [-0.4, -0.2) is 32.3 Å². The van der Waals surface area contributed by atoms with Crippen LogP contribution in [0.15, 0.2) is 59.6 Å². The number of anilines is 1. The molecule has 0 aliphatic rings. The molecule has 0 fully saturated rings. The van der Waals surface area contributed by atoms with Gasteiger partial charge in [-0.2, -0.15) is 0 Å². The molecule has 0 aliphatic heterocycles. The van der Waals surface area contributed by atoms with Crippen LogP contribution in [0, 0.1) is 0 Å². The highest BCUT2D eigenvalue weighted by atomic mass is 16.5. The van der Waals surface area contributed by atoms with E-state index in [1.165, 1.54) is 12.7 Å². The molecule has 0 unspecified atom stereocenters. The van der Waals surface area contributed by atoms with Crippen molar-refractivity contribution in [3.8, 4) is 0 Å². The van der Waals surface area contributed by atoms with Crippen molar-refractivity contribution in [3.63, 3.8) is 0 Å². The van der Waals surface area contributed by atoms with Crippen LogP contribution in [-0.2, 0) is 17.7 Å². The summed E-state index contributed by atoms with van der Waals surface area (Å²) in [6.07, 6.45) is 1.61. The van der Waals surface area contributed by atoms with Gasteiger partial charge in [0.2, 0.25) is 0 Å². The van der Waals surface area contributed by atoms with E-state index in [-0.39, 0.29) is 0 Å². The fraction of sp³-hybridized carbons (Fsp3) is 0.333. The number of nitrogens with one attached hydrogen (secondary N) is 3. The first-order valence-electron chi connectivity index (χ1n) is 9.21. The predicted octanol–water partition coefficient (Wildman–Crippen LogP) is 3.55. The van der Waals surface area contributed by atoms with Crippen LogP contribution in [0.25, 0.3) is 0 Å². The number of carbonyl (C=O) groups is 1. The molecule has 2 rings (SSSR count). The molecule has 0 saturated carbocycles. The van der Waals surface area contributed by atoms with E-state index in [2.05, 4.69) is 56.9 Å². The molecule has 2 aromatic rings. The molecule has 144 valence electrons. The van der Waals surface area contributed by atoms with Gasteiger partial charge in [0.25, 0.3) is 0 Å². The van der Waals surface area contributed by atoms with Crippen molar-refractivity contribution in [2.24, 2.45) is 4.99 Å². The first kappa shape index (κ1) is 20.3. The van der Waals surface area contributed by atoms with E-state index in [4.69, 9.17) is 0 Å². The van der Waals surface area contributed by atoms with Crippen LogP contribution < -0.4 is 16.0 Å². The van der Waals surface area contributed by atoms with Crippen molar-refractivity contribution in [3.05, 3.63) is 65.7 Å². The number of hydrogen-bond acceptors (Lipinski definition) is 3. The van der Waals surface area contributed by atoms with Crippen LogP contribution in [0.3, 0.4) is 0 Å². The van der Waals surface area contributed by atoms with Crippen molar-refractivity contribution in [2.75, 3.05) is 25.5 Å². The minimum atomic E-state index is -0.477. The molecule has 0 radical (unpaired) electrons. The quantitative estimate of drug-likeness (QED) is 0.378. The van der Waals surface area contributed by atoms with Crippen LogP contribution in [0.2, 0.25) is 0 Å². The Balaban J connectivity index is 1.80. The lowest BCUT2D eigenvalue weighted by Crippen LogP contribution is -2.37. The smallest absolute Gasteiger partial charge is 0.411 e. The van der Waals surface area contributed by atoms with Crippen molar-refractivity contribution in [2.45, 2.75) is 26.3 Å². The number of hydrogen-bond donors (Lipinski definition) is 3. The Labute approximate surface area is 161 Å². The highest BCUT2D eigenvalue weighted by Crippen LogP contribution is 2.10. The molecular formula is C21H28N4O2. The Morgan fingerprint density at radius 1 is 1.00 bits per heavy atom. The lowest BCUT2D eigenvalue weighted by molar-refractivity contribution is 0.187. The molecule has 3 N–H and O–H groups in total. The van der Waals surface area contributed by atoms with Crippen LogP contribution in [0.5, 0.6) is 0 Å². The molecule has 6 heteroatoms. The van der Waals surface area contributed by atoms with E-state index in [0.717, 1.165) is 37.5 Å². The zero-order valence-electron chi connectivity index (χ0n) is 16.0. The number of aryl methyl sites for hydroxylation is 1. The van der Waals surface area contributed by atoms with E-state index in [1.54, 1.807) is 0 Å². The van der Waals surface area contributed by atoms with Crippen molar-refractivity contribution >= 4 is 17.7 Å². The van der Waals surface area contributed by atoms with Crippen LogP contribution >= 0.6 is 0 Å². The topological polar surface area (TPSA) is 74.8 Å². The lowest BCUT2D eigenvalue weighted by atomic mass is 10.1. The number of carbonyl (C=O) groups excluding carboxylic acids is 1.